The van der Waals surface area contributed by atoms with E-state index in [1.807, 2.05) is 24.7 Å². The smallest absolute Gasteiger partial charge is 0.285 e. The summed E-state index contributed by atoms with van der Waals surface area (Å²) in [5, 5.41) is 0.785. The second-order valence-electron chi connectivity index (χ2n) is 2.93. The molecule has 0 saturated heterocycles. The Balaban J connectivity index is 3.34. The van der Waals surface area contributed by atoms with Crippen LogP contribution in [0.5, 0.6) is 11.5 Å². The van der Waals surface area contributed by atoms with Crippen LogP contribution < -0.4 is 14.7 Å². The molecule has 0 bridgehead atoms. The molecule has 0 spiro atoms. The van der Waals surface area contributed by atoms with E-state index >= 15 is 0 Å². The van der Waals surface area contributed by atoms with Crippen molar-refractivity contribution in [1.29, 1.82) is 0 Å². The standard InChI is InChI=1S/C9H12Cl2O2Si/c1-12-7-5-4-6-8(13-2)9(7)14(3,10)11/h4-6H,1-3H3. The Bertz CT molecular complexity index is 301. The number of rotatable bonds is 3. The van der Waals surface area contributed by atoms with Crippen molar-refractivity contribution in [1.82, 2.24) is 0 Å². The minimum absolute atomic E-state index is 0.684. The summed E-state index contributed by atoms with van der Waals surface area (Å²) in [6, 6.07) is 5.50. The summed E-state index contributed by atoms with van der Waals surface area (Å²) in [4.78, 5) is 0. The van der Waals surface area contributed by atoms with Crippen molar-refractivity contribution >= 4 is 34.0 Å². The Kier molecular flexibility index (Phi) is 3.69. The molecule has 0 N–H and O–H groups in total. The van der Waals surface area contributed by atoms with Gasteiger partial charge in [-0.1, -0.05) is 6.07 Å². The van der Waals surface area contributed by atoms with Crippen LogP contribution in [0.3, 0.4) is 0 Å². The molecule has 0 saturated carbocycles. The number of ether oxygens (including phenoxy) is 2. The highest BCUT2D eigenvalue weighted by Gasteiger charge is 2.31. The van der Waals surface area contributed by atoms with Gasteiger partial charge in [0.15, 0.2) is 0 Å². The number of hydrogen-bond acceptors (Lipinski definition) is 2. The van der Waals surface area contributed by atoms with E-state index in [-0.39, 0.29) is 0 Å². The predicted octanol–water partition coefficient (Wildman–Crippen LogP) is 2.46. The monoisotopic (exact) mass is 250 g/mol. The van der Waals surface area contributed by atoms with Crippen LogP contribution in [0, 0.1) is 0 Å². The summed E-state index contributed by atoms with van der Waals surface area (Å²) in [5.41, 5.74) is 0. The molecule has 5 heteroatoms. The molecule has 1 rings (SSSR count). The zero-order valence-corrected chi connectivity index (χ0v) is 10.8. The summed E-state index contributed by atoms with van der Waals surface area (Å²) in [7, 11) is 3.18. The summed E-state index contributed by atoms with van der Waals surface area (Å²) >= 11 is 12.3. The summed E-state index contributed by atoms with van der Waals surface area (Å²) in [6.07, 6.45) is 0. The third-order valence-electron chi connectivity index (χ3n) is 1.87. The fourth-order valence-electron chi connectivity index (χ4n) is 1.28. The first kappa shape index (κ1) is 11.7. The molecule has 0 heterocycles. The van der Waals surface area contributed by atoms with Gasteiger partial charge < -0.3 is 9.47 Å². The van der Waals surface area contributed by atoms with E-state index in [0.717, 1.165) is 5.19 Å². The van der Waals surface area contributed by atoms with Gasteiger partial charge in [-0.2, -0.15) is 0 Å². The van der Waals surface area contributed by atoms with E-state index < -0.39 is 6.69 Å². The Morgan fingerprint density at radius 3 is 1.79 bits per heavy atom. The van der Waals surface area contributed by atoms with Gasteiger partial charge in [-0.15, -0.1) is 22.2 Å². The molecule has 0 radical (unpaired) electrons. The number of benzene rings is 1. The zero-order valence-electron chi connectivity index (χ0n) is 8.30. The van der Waals surface area contributed by atoms with E-state index in [0.29, 0.717) is 11.5 Å². The summed E-state index contributed by atoms with van der Waals surface area (Å²) < 4.78 is 10.4. The zero-order chi connectivity index (χ0) is 10.8. The molecule has 78 valence electrons. The molecule has 0 aliphatic carbocycles. The molecule has 1 aromatic carbocycles. The molecule has 14 heavy (non-hydrogen) atoms. The third kappa shape index (κ3) is 2.35. The van der Waals surface area contributed by atoms with Crippen LogP contribution in [0.2, 0.25) is 6.55 Å². The maximum atomic E-state index is 6.17. The SMILES string of the molecule is COc1cccc(OC)c1[Si](C)(Cl)Cl. The Morgan fingerprint density at radius 2 is 1.50 bits per heavy atom. The first-order valence-electron chi connectivity index (χ1n) is 4.10. The lowest BCUT2D eigenvalue weighted by atomic mass is 10.3. The van der Waals surface area contributed by atoms with Crippen LogP contribution >= 0.6 is 22.2 Å². The van der Waals surface area contributed by atoms with E-state index in [9.17, 15) is 0 Å². The first-order chi connectivity index (χ1) is 6.50. The van der Waals surface area contributed by atoms with Crippen molar-refractivity contribution in [2.75, 3.05) is 14.2 Å². The highest BCUT2D eigenvalue weighted by molar-refractivity contribution is 7.50. The van der Waals surface area contributed by atoms with Gasteiger partial charge in [0.2, 0.25) is 0 Å². The Hall–Kier alpha value is -0.383. The topological polar surface area (TPSA) is 18.5 Å². The summed E-state index contributed by atoms with van der Waals surface area (Å²) in [6.45, 7) is -0.654. The van der Waals surface area contributed by atoms with Gasteiger partial charge in [0.25, 0.3) is 6.69 Å². The van der Waals surface area contributed by atoms with Gasteiger partial charge >= 0.3 is 0 Å². The molecule has 0 aliphatic heterocycles. The fraction of sp³-hybridized carbons (Fsp3) is 0.333. The minimum atomic E-state index is -2.47. The highest BCUT2D eigenvalue weighted by Crippen LogP contribution is 2.26. The van der Waals surface area contributed by atoms with Gasteiger partial charge in [-0.25, -0.2) is 0 Å². The van der Waals surface area contributed by atoms with E-state index in [4.69, 9.17) is 31.6 Å². The molecular formula is C9H12Cl2O2Si. The average molecular weight is 251 g/mol. The van der Waals surface area contributed by atoms with Crippen molar-refractivity contribution in [3.05, 3.63) is 18.2 Å². The third-order valence-corrected chi connectivity index (χ3v) is 4.37. The van der Waals surface area contributed by atoms with E-state index in [1.54, 1.807) is 14.2 Å². The second-order valence-corrected chi connectivity index (χ2v) is 10.3. The first-order valence-corrected chi connectivity index (χ1v) is 8.62. The average Bonchev–Trinajstić information content (AvgIpc) is 2.15. The molecule has 0 unspecified atom stereocenters. The molecule has 0 aliphatic rings. The Labute approximate surface area is 94.2 Å². The fourth-order valence-corrected chi connectivity index (χ4v) is 3.64. The highest BCUT2D eigenvalue weighted by atomic mass is 35.7. The van der Waals surface area contributed by atoms with Gasteiger partial charge in [-0.3, -0.25) is 0 Å². The van der Waals surface area contributed by atoms with E-state index in [1.165, 1.54) is 0 Å². The molecule has 0 amide bonds. The van der Waals surface area contributed by atoms with Crippen LogP contribution in [0.15, 0.2) is 18.2 Å². The quantitative estimate of drug-likeness (QED) is 0.607. The second kappa shape index (κ2) is 4.42. The van der Waals surface area contributed by atoms with Crippen LogP contribution in [0.25, 0.3) is 0 Å². The lowest BCUT2D eigenvalue weighted by Crippen LogP contribution is -2.35. The normalized spacial score (nSPS) is 11.2. The van der Waals surface area contributed by atoms with Crippen LogP contribution in [-0.4, -0.2) is 20.9 Å². The van der Waals surface area contributed by atoms with Crippen molar-refractivity contribution < 1.29 is 9.47 Å². The maximum absolute atomic E-state index is 6.17. The number of methoxy groups -OCH3 is 2. The molecule has 2 nitrogen and oxygen atoms in total. The predicted molar refractivity (Wildman–Crippen MR) is 62.5 cm³/mol. The van der Waals surface area contributed by atoms with E-state index in [2.05, 4.69) is 0 Å². The summed E-state index contributed by atoms with van der Waals surface area (Å²) in [5.74, 6) is 1.37. The van der Waals surface area contributed by atoms with Crippen molar-refractivity contribution in [3.63, 3.8) is 0 Å². The molecule has 0 fully saturated rings. The molecular weight excluding hydrogens is 239 g/mol. The van der Waals surface area contributed by atoms with Crippen molar-refractivity contribution in [2.45, 2.75) is 6.55 Å². The van der Waals surface area contributed by atoms with Gasteiger partial charge in [0, 0.05) is 0 Å². The van der Waals surface area contributed by atoms with Crippen molar-refractivity contribution in [2.24, 2.45) is 0 Å². The lowest BCUT2D eigenvalue weighted by molar-refractivity contribution is 0.400. The van der Waals surface area contributed by atoms with Gasteiger partial charge in [0.1, 0.15) is 11.5 Å². The molecule has 0 atom stereocenters. The largest absolute Gasteiger partial charge is 0.497 e. The van der Waals surface area contributed by atoms with Crippen LogP contribution in [-0.2, 0) is 0 Å². The molecule has 1 aromatic rings. The Morgan fingerprint density at radius 1 is 1.07 bits per heavy atom. The maximum Gasteiger partial charge on any atom is 0.285 e. The van der Waals surface area contributed by atoms with Crippen molar-refractivity contribution in [3.8, 4) is 11.5 Å². The minimum Gasteiger partial charge on any atom is -0.497 e. The van der Waals surface area contributed by atoms with Crippen LogP contribution in [0.4, 0.5) is 0 Å². The number of halogens is 2. The van der Waals surface area contributed by atoms with Gasteiger partial charge in [0.05, 0.1) is 19.4 Å². The molecule has 0 aromatic heterocycles. The van der Waals surface area contributed by atoms with Gasteiger partial charge in [-0.05, 0) is 18.7 Å². The van der Waals surface area contributed by atoms with Crippen LogP contribution in [0.1, 0.15) is 0 Å². The lowest BCUT2D eigenvalue weighted by Gasteiger charge is -2.18. The number of hydrogen-bond donors (Lipinski definition) is 0.